The van der Waals surface area contributed by atoms with Crippen LogP contribution in [0.2, 0.25) is 24.7 Å². The Labute approximate surface area is 109 Å². The Balaban J connectivity index is 2.13. The molecule has 1 aromatic carbocycles. The van der Waals surface area contributed by atoms with E-state index in [1.165, 1.54) is 5.56 Å². The van der Waals surface area contributed by atoms with Crippen LogP contribution in [0.4, 0.5) is 0 Å². The summed E-state index contributed by atoms with van der Waals surface area (Å²) in [6.07, 6.45) is 0.940. The lowest BCUT2D eigenvalue weighted by molar-refractivity contribution is -0.0904. The van der Waals surface area contributed by atoms with Crippen molar-refractivity contribution >= 4 is 19.9 Å². The molecule has 1 aliphatic carbocycles. The van der Waals surface area contributed by atoms with E-state index in [1.54, 1.807) is 7.11 Å². The second kappa shape index (κ2) is 4.39. The first-order valence-electron chi connectivity index (χ1n) is 5.87. The minimum Gasteiger partial charge on any atom is -0.390 e. The summed E-state index contributed by atoms with van der Waals surface area (Å²) in [7, 11) is 0.144. The van der Waals surface area contributed by atoms with E-state index in [2.05, 4.69) is 31.8 Å². The quantitative estimate of drug-likeness (QED) is 0.608. The molecular formula is C13H19ClO2Si. The lowest BCUT2D eigenvalue weighted by atomic mass is 10.1. The Morgan fingerprint density at radius 1 is 1.24 bits per heavy atom. The van der Waals surface area contributed by atoms with Gasteiger partial charge in [-0.2, -0.15) is 0 Å². The first-order valence-corrected chi connectivity index (χ1v) is 9.66. The van der Waals surface area contributed by atoms with Gasteiger partial charge in [0.15, 0.2) is 14.1 Å². The molecule has 94 valence electrons. The van der Waals surface area contributed by atoms with Gasteiger partial charge in [-0.3, -0.25) is 0 Å². The maximum absolute atomic E-state index is 6.17. The third kappa shape index (κ3) is 2.91. The number of rotatable bonds is 4. The molecule has 0 aromatic heterocycles. The van der Waals surface area contributed by atoms with Gasteiger partial charge in [-0.15, -0.1) is 0 Å². The average molecular weight is 271 g/mol. The molecule has 0 aliphatic heterocycles. The van der Waals surface area contributed by atoms with Crippen LogP contribution in [0, 0.1) is 0 Å². The van der Waals surface area contributed by atoms with Crippen LogP contribution in [0.15, 0.2) is 24.3 Å². The van der Waals surface area contributed by atoms with Crippen molar-refractivity contribution in [1.82, 2.24) is 0 Å². The zero-order valence-electron chi connectivity index (χ0n) is 10.8. The average Bonchev–Trinajstić information content (AvgIpc) is 2.92. The van der Waals surface area contributed by atoms with Crippen molar-refractivity contribution in [3.05, 3.63) is 34.9 Å². The van der Waals surface area contributed by atoms with Gasteiger partial charge in [0, 0.05) is 24.5 Å². The molecule has 2 atom stereocenters. The summed E-state index contributed by atoms with van der Waals surface area (Å²) in [6, 6.07) is 7.96. The minimum absolute atomic E-state index is 0.344. The predicted octanol–water partition coefficient (Wildman–Crippen LogP) is 4.02. The van der Waals surface area contributed by atoms with Gasteiger partial charge in [0.1, 0.15) is 0 Å². The van der Waals surface area contributed by atoms with Crippen molar-refractivity contribution in [1.29, 1.82) is 0 Å². The highest BCUT2D eigenvalue weighted by Gasteiger charge is 2.58. The van der Waals surface area contributed by atoms with Gasteiger partial charge in [-0.1, -0.05) is 23.7 Å². The maximum Gasteiger partial charge on any atom is 0.187 e. The highest BCUT2D eigenvalue weighted by molar-refractivity contribution is 6.69. The minimum atomic E-state index is -1.59. The van der Waals surface area contributed by atoms with Crippen molar-refractivity contribution in [3.8, 4) is 0 Å². The fourth-order valence-corrected chi connectivity index (χ4v) is 3.66. The lowest BCUT2D eigenvalue weighted by Gasteiger charge is -2.26. The van der Waals surface area contributed by atoms with Gasteiger partial charge in [0.2, 0.25) is 0 Å². The van der Waals surface area contributed by atoms with E-state index in [9.17, 15) is 0 Å². The van der Waals surface area contributed by atoms with Crippen molar-refractivity contribution in [2.24, 2.45) is 0 Å². The molecule has 0 radical (unpaired) electrons. The van der Waals surface area contributed by atoms with E-state index in [-0.39, 0.29) is 0 Å². The van der Waals surface area contributed by atoms with E-state index in [0.717, 1.165) is 11.4 Å². The molecule has 1 aliphatic rings. The summed E-state index contributed by atoms with van der Waals surface area (Å²) in [5.41, 5.74) is 1.24. The summed E-state index contributed by atoms with van der Waals surface area (Å²) < 4.78 is 11.8. The molecule has 0 saturated heterocycles. The largest absolute Gasteiger partial charge is 0.390 e. The number of ether oxygens (including phenoxy) is 1. The van der Waals surface area contributed by atoms with Crippen molar-refractivity contribution in [2.75, 3.05) is 7.11 Å². The van der Waals surface area contributed by atoms with Gasteiger partial charge >= 0.3 is 0 Å². The van der Waals surface area contributed by atoms with Crippen molar-refractivity contribution in [3.63, 3.8) is 0 Å². The van der Waals surface area contributed by atoms with Gasteiger partial charge in [0.25, 0.3) is 0 Å². The Morgan fingerprint density at radius 2 is 1.82 bits per heavy atom. The van der Waals surface area contributed by atoms with Gasteiger partial charge < -0.3 is 9.16 Å². The second-order valence-electron chi connectivity index (χ2n) is 5.54. The van der Waals surface area contributed by atoms with Crippen LogP contribution < -0.4 is 0 Å². The number of benzene rings is 1. The topological polar surface area (TPSA) is 18.5 Å². The fourth-order valence-electron chi connectivity index (χ4n) is 2.19. The Hall–Kier alpha value is -0.353. The lowest BCUT2D eigenvalue weighted by Crippen LogP contribution is -2.35. The summed E-state index contributed by atoms with van der Waals surface area (Å²) in [5.74, 6) is -0.0466. The second-order valence-corrected chi connectivity index (χ2v) is 10.4. The number of hydrogen-bond acceptors (Lipinski definition) is 2. The highest BCUT2D eigenvalue weighted by Crippen LogP contribution is 2.55. The number of methoxy groups -OCH3 is 1. The van der Waals surface area contributed by atoms with Crippen LogP contribution in [0.25, 0.3) is 0 Å². The zero-order chi connectivity index (χ0) is 12.7. The summed E-state index contributed by atoms with van der Waals surface area (Å²) >= 11 is 5.89. The first kappa shape index (κ1) is 13.1. The van der Waals surface area contributed by atoms with E-state index in [4.69, 9.17) is 20.8 Å². The molecule has 0 unspecified atom stereocenters. The molecule has 0 bridgehead atoms. The van der Waals surface area contributed by atoms with E-state index in [0.29, 0.717) is 5.92 Å². The monoisotopic (exact) mass is 270 g/mol. The summed E-state index contributed by atoms with van der Waals surface area (Å²) in [5, 5.41) is 0.767. The van der Waals surface area contributed by atoms with Crippen molar-refractivity contribution < 1.29 is 9.16 Å². The Bertz CT molecular complexity index is 399. The molecule has 0 spiro atoms. The summed E-state index contributed by atoms with van der Waals surface area (Å²) in [4.78, 5) is 0. The fraction of sp³-hybridized carbons (Fsp3) is 0.538. The van der Waals surface area contributed by atoms with Gasteiger partial charge in [-0.05, 0) is 37.3 Å². The third-order valence-corrected chi connectivity index (χ3v) is 4.17. The van der Waals surface area contributed by atoms with Crippen LogP contribution in [-0.2, 0) is 9.16 Å². The van der Waals surface area contributed by atoms with Gasteiger partial charge in [-0.25, -0.2) is 0 Å². The van der Waals surface area contributed by atoms with Crippen LogP contribution in [-0.4, -0.2) is 21.2 Å². The number of hydrogen-bond donors (Lipinski definition) is 0. The molecule has 1 saturated carbocycles. The molecule has 2 nitrogen and oxygen atoms in total. The predicted molar refractivity (Wildman–Crippen MR) is 73.0 cm³/mol. The third-order valence-electron chi connectivity index (χ3n) is 2.96. The first-order chi connectivity index (χ1) is 7.86. The van der Waals surface area contributed by atoms with E-state index >= 15 is 0 Å². The molecule has 4 heteroatoms. The van der Waals surface area contributed by atoms with Gasteiger partial charge in [0.05, 0.1) is 0 Å². The smallest absolute Gasteiger partial charge is 0.187 e. The van der Waals surface area contributed by atoms with Crippen LogP contribution in [0.3, 0.4) is 0 Å². The molecular weight excluding hydrogens is 252 g/mol. The molecule has 1 aromatic rings. The normalized spacial score (nSPS) is 28.2. The molecule has 0 heterocycles. The zero-order valence-corrected chi connectivity index (χ0v) is 12.5. The van der Waals surface area contributed by atoms with Crippen LogP contribution in [0.5, 0.6) is 0 Å². The van der Waals surface area contributed by atoms with E-state index in [1.807, 2.05) is 12.1 Å². The molecule has 17 heavy (non-hydrogen) atoms. The van der Waals surface area contributed by atoms with Crippen LogP contribution >= 0.6 is 11.6 Å². The molecule has 2 rings (SSSR count). The maximum atomic E-state index is 6.17. The summed E-state index contributed by atoms with van der Waals surface area (Å²) in [6.45, 7) is 6.56. The standard InChI is InChI=1S/C13H19ClO2Si/c1-15-13(16-17(2,3)4)9-12(13)10-5-7-11(14)8-6-10/h5-8,12H,9H2,1-4H3/t12-,13+/m0/s1. The number of halogens is 1. The van der Waals surface area contributed by atoms with Crippen molar-refractivity contribution in [2.45, 2.75) is 37.8 Å². The SMILES string of the molecule is CO[C@@]1(O[Si](C)(C)C)C[C@H]1c1ccc(Cl)cc1. The Morgan fingerprint density at radius 3 is 2.29 bits per heavy atom. The van der Waals surface area contributed by atoms with Crippen LogP contribution in [0.1, 0.15) is 17.9 Å². The molecule has 0 N–H and O–H groups in total. The highest BCUT2D eigenvalue weighted by atomic mass is 35.5. The molecule has 0 amide bonds. The Kier molecular flexibility index (Phi) is 3.38. The van der Waals surface area contributed by atoms with E-state index < -0.39 is 14.1 Å². The molecule has 1 fully saturated rings.